The van der Waals surface area contributed by atoms with Crippen molar-refractivity contribution >= 4 is 11.8 Å². The van der Waals surface area contributed by atoms with Crippen LogP contribution in [-0.2, 0) is 6.54 Å². The summed E-state index contributed by atoms with van der Waals surface area (Å²) in [6.07, 6.45) is 0.520. The predicted molar refractivity (Wildman–Crippen MR) is 84.2 cm³/mol. The lowest BCUT2D eigenvalue weighted by molar-refractivity contribution is 0.293. The Hall–Kier alpha value is -1.15. The van der Waals surface area contributed by atoms with Crippen molar-refractivity contribution in [3.05, 3.63) is 29.3 Å². The molecule has 1 fully saturated rings. The first kappa shape index (κ1) is 15.2. The van der Waals surface area contributed by atoms with Crippen LogP contribution in [0.4, 0.5) is 0 Å². The summed E-state index contributed by atoms with van der Waals surface area (Å²) in [5, 5.41) is 8.82. The van der Waals surface area contributed by atoms with Crippen LogP contribution < -0.4 is 4.74 Å². The second-order valence-electron chi connectivity index (χ2n) is 4.69. The topological polar surface area (TPSA) is 32.7 Å². The number of ether oxygens (including phenoxy) is 1. The fourth-order valence-corrected chi connectivity index (χ4v) is 3.14. The maximum Gasteiger partial charge on any atom is 0.119 e. The smallest absolute Gasteiger partial charge is 0.119 e. The van der Waals surface area contributed by atoms with Gasteiger partial charge in [-0.25, -0.2) is 0 Å². The molecule has 0 radical (unpaired) electrons. The molecule has 0 spiro atoms. The summed E-state index contributed by atoms with van der Waals surface area (Å²) >= 11 is 2.02. The van der Waals surface area contributed by atoms with Crippen molar-refractivity contribution < 1.29 is 9.84 Å². The molecule has 1 aliphatic heterocycles. The number of benzene rings is 1. The van der Waals surface area contributed by atoms with E-state index in [2.05, 4.69) is 22.8 Å². The van der Waals surface area contributed by atoms with Gasteiger partial charge in [0, 0.05) is 43.1 Å². The summed E-state index contributed by atoms with van der Waals surface area (Å²) in [6.45, 7) is 3.29. The van der Waals surface area contributed by atoms with Gasteiger partial charge in [0.25, 0.3) is 0 Å². The van der Waals surface area contributed by atoms with Crippen LogP contribution in [0.15, 0.2) is 18.2 Å². The van der Waals surface area contributed by atoms with Crippen molar-refractivity contribution in [2.45, 2.75) is 13.0 Å². The zero-order valence-corrected chi connectivity index (χ0v) is 12.7. The number of nitrogens with zero attached hydrogens (tertiary/aromatic N) is 1. The van der Waals surface area contributed by atoms with Gasteiger partial charge in [0.15, 0.2) is 0 Å². The molecule has 1 aromatic carbocycles. The van der Waals surface area contributed by atoms with E-state index in [0.717, 1.165) is 30.9 Å². The average molecular weight is 291 g/mol. The first-order valence-corrected chi connectivity index (χ1v) is 8.05. The van der Waals surface area contributed by atoms with Gasteiger partial charge in [0.2, 0.25) is 0 Å². The fourth-order valence-electron chi connectivity index (χ4n) is 2.16. The van der Waals surface area contributed by atoms with E-state index in [-0.39, 0.29) is 6.61 Å². The van der Waals surface area contributed by atoms with Gasteiger partial charge in [-0.15, -0.1) is 0 Å². The highest BCUT2D eigenvalue weighted by molar-refractivity contribution is 7.99. The van der Waals surface area contributed by atoms with Crippen LogP contribution in [0.5, 0.6) is 5.75 Å². The van der Waals surface area contributed by atoms with Gasteiger partial charge in [0.1, 0.15) is 5.75 Å². The maximum atomic E-state index is 8.82. The molecule has 0 amide bonds. The number of methoxy groups -OCH3 is 1. The SMILES string of the molecule is COc1ccc(C#CCCO)c(CN2CCSCC2)c1. The van der Waals surface area contributed by atoms with Crippen LogP contribution >= 0.6 is 11.8 Å². The number of thioether (sulfide) groups is 1. The molecule has 0 saturated carbocycles. The zero-order chi connectivity index (χ0) is 14.2. The lowest BCUT2D eigenvalue weighted by Gasteiger charge is -2.26. The van der Waals surface area contributed by atoms with Gasteiger partial charge in [0.05, 0.1) is 13.7 Å². The quantitative estimate of drug-likeness (QED) is 0.860. The molecule has 1 saturated heterocycles. The highest BCUT2D eigenvalue weighted by atomic mass is 32.2. The van der Waals surface area contributed by atoms with Gasteiger partial charge >= 0.3 is 0 Å². The van der Waals surface area contributed by atoms with Gasteiger partial charge in [-0.3, -0.25) is 4.90 Å². The molecule has 1 aliphatic rings. The van der Waals surface area contributed by atoms with Crippen LogP contribution in [0.2, 0.25) is 0 Å². The summed E-state index contributed by atoms with van der Waals surface area (Å²) in [4.78, 5) is 2.46. The molecule has 0 aliphatic carbocycles. The van der Waals surface area contributed by atoms with Crippen LogP contribution in [0.1, 0.15) is 17.5 Å². The second kappa shape index (κ2) is 8.21. The largest absolute Gasteiger partial charge is 0.497 e. The molecule has 1 N–H and O–H groups in total. The molecule has 0 unspecified atom stereocenters. The van der Waals surface area contributed by atoms with E-state index < -0.39 is 0 Å². The summed E-state index contributed by atoms with van der Waals surface area (Å²) in [5.74, 6) is 9.44. The van der Waals surface area contributed by atoms with E-state index in [9.17, 15) is 0 Å². The molecule has 20 heavy (non-hydrogen) atoms. The van der Waals surface area contributed by atoms with Crippen molar-refractivity contribution in [2.75, 3.05) is 38.3 Å². The molecule has 0 atom stereocenters. The van der Waals surface area contributed by atoms with Crippen molar-refractivity contribution in [2.24, 2.45) is 0 Å². The Morgan fingerprint density at radius 2 is 2.15 bits per heavy atom. The number of hydrogen-bond acceptors (Lipinski definition) is 4. The molecule has 0 bridgehead atoms. The van der Waals surface area contributed by atoms with E-state index in [1.165, 1.54) is 17.1 Å². The van der Waals surface area contributed by atoms with Crippen molar-refractivity contribution in [3.8, 4) is 17.6 Å². The monoisotopic (exact) mass is 291 g/mol. The highest BCUT2D eigenvalue weighted by Crippen LogP contribution is 2.20. The lowest BCUT2D eigenvalue weighted by Crippen LogP contribution is -2.32. The minimum absolute atomic E-state index is 0.113. The highest BCUT2D eigenvalue weighted by Gasteiger charge is 2.13. The number of rotatable bonds is 4. The van der Waals surface area contributed by atoms with Gasteiger partial charge in [-0.2, -0.15) is 11.8 Å². The summed E-state index contributed by atoms with van der Waals surface area (Å²) in [6, 6.07) is 6.03. The Labute approximate surface area is 125 Å². The molecular weight excluding hydrogens is 270 g/mol. The zero-order valence-electron chi connectivity index (χ0n) is 11.9. The third-order valence-corrected chi connectivity index (χ3v) is 4.21. The third-order valence-electron chi connectivity index (χ3n) is 3.27. The Morgan fingerprint density at radius 1 is 1.35 bits per heavy atom. The third kappa shape index (κ3) is 4.45. The van der Waals surface area contributed by atoms with Crippen LogP contribution in [0.3, 0.4) is 0 Å². The van der Waals surface area contributed by atoms with E-state index in [1.54, 1.807) is 7.11 Å². The van der Waals surface area contributed by atoms with E-state index in [1.807, 2.05) is 23.9 Å². The van der Waals surface area contributed by atoms with E-state index in [4.69, 9.17) is 9.84 Å². The number of aliphatic hydroxyl groups is 1. The molecular formula is C16H21NO2S. The van der Waals surface area contributed by atoms with E-state index >= 15 is 0 Å². The van der Waals surface area contributed by atoms with E-state index in [0.29, 0.717) is 6.42 Å². The predicted octanol–water partition coefficient (Wildman–Crippen LogP) is 1.98. The first-order chi connectivity index (χ1) is 9.83. The number of hydrogen-bond donors (Lipinski definition) is 1. The van der Waals surface area contributed by atoms with Crippen LogP contribution in [0, 0.1) is 11.8 Å². The Bertz CT molecular complexity index is 487. The molecule has 4 heteroatoms. The van der Waals surface area contributed by atoms with Gasteiger partial charge < -0.3 is 9.84 Å². The molecule has 2 rings (SSSR count). The Balaban J connectivity index is 2.16. The van der Waals surface area contributed by atoms with Gasteiger partial charge in [-0.1, -0.05) is 11.8 Å². The van der Waals surface area contributed by atoms with Crippen molar-refractivity contribution in [3.63, 3.8) is 0 Å². The van der Waals surface area contributed by atoms with Crippen molar-refractivity contribution in [1.82, 2.24) is 4.90 Å². The number of aliphatic hydroxyl groups excluding tert-OH is 1. The summed E-state index contributed by atoms with van der Waals surface area (Å²) in [5.41, 5.74) is 2.25. The first-order valence-electron chi connectivity index (χ1n) is 6.90. The molecule has 1 heterocycles. The van der Waals surface area contributed by atoms with Crippen LogP contribution in [-0.4, -0.2) is 48.3 Å². The Kier molecular flexibility index (Phi) is 6.25. The molecule has 108 valence electrons. The average Bonchev–Trinajstić information content (AvgIpc) is 2.50. The molecule has 0 aromatic heterocycles. The normalized spacial score (nSPS) is 15.5. The standard InChI is InChI=1S/C16H21NO2S/c1-19-16-6-5-14(4-2-3-9-18)15(12-16)13-17-7-10-20-11-8-17/h5-6,12,18H,3,7-11,13H2,1H3. The fraction of sp³-hybridized carbons (Fsp3) is 0.500. The van der Waals surface area contributed by atoms with Gasteiger partial charge in [-0.05, 0) is 23.8 Å². The lowest BCUT2D eigenvalue weighted by atomic mass is 10.1. The minimum atomic E-state index is 0.113. The Morgan fingerprint density at radius 3 is 2.85 bits per heavy atom. The summed E-state index contributed by atoms with van der Waals surface area (Å²) < 4.78 is 5.31. The molecule has 1 aromatic rings. The molecule has 3 nitrogen and oxygen atoms in total. The minimum Gasteiger partial charge on any atom is -0.497 e. The second-order valence-corrected chi connectivity index (χ2v) is 5.91. The summed E-state index contributed by atoms with van der Waals surface area (Å²) in [7, 11) is 1.69. The van der Waals surface area contributed by atoms with Crippen LogP contribution in [0.25, 0.3) is 0 Å². The maximum absolute atomic E-state index is 8.82. The van der Waals surface area contributed by atoms with Crippen molar-refractivity contribution in [1.29, 1.82) is 0 Å².